The molecule has 1 saturated heterocycles. The monoisotopic (exact) mass is 155 g/mol. The van der Waals surface area contributed by atoms with Gasteiger partial charge in [0.05, 0.1) is 0 Å². The van der Waals surface area contributed by atoms with E-state index >= 15 is 0 Å². The molecule has 1 fully saturated rings. The average Bonchev–Trinajstić information content (AvgIpc) is 2.30. The summed E-state index contributed by atoms with van der Waals surface area (Å²) in [4.78, 5) is 42.2. The van der Waals surface area contributed by atoms with Gasteiger partial charge in [0.25, 0.3) is 5.91 Å². The minimum Gasteiger partial charge on any atom is -0.292 e. The van der Waals surface area contributed by atoms with Crippen molar-refractivity contribution in [1.82, 2.24) is 4.90 Å². The Balaban J connectivity index is 2.84. The van der Waals surface area contributed by atoms with E-state index in [0.29, 0.717) is 4.90 Å². The third-order valence-electron chi connectivity index (χ3n) is 1.37. The standard InChI is InChI=1S/C6H5NO4/c8-3-6(11)7-4(9)1-2-5(7)10/h3H,1-2H2. The van der Waals surface area contributed by atoms with Gasteiger partial charge < -0.3 is 0 Å². The van der Waals surface area contributed by atoms with Gasteiger partial charge >= 0.3 is 0 Å². The van der Waals surface area contributed by atoms with E-state index in [2.05, 4.69) is 0 Å². The topological polar surface area (TPSA) is 71.5 Å². The van der Waals surface area contributed by atoms with Crippen molar-refractivity contribution < 1.29 is 19.2 Å². The van der Waals surface area contributed by atoms with Crippen LogP contribution in [-0.4, -0.2) is 28.9 Å². The second kappa shape index (κ2) is 2.61. The molecule has 0 radical (unpaired) electrons. The molecule has 0 saturated carbocycles. The largest absolute Gasteiger partial charge is 0.300 e. The number of carbonyl (C=O) groups is 4. The molecule has 0 N–H and O–H groups in total. The summed E-state index contributed by atoms with van der Waals surface area (Å²) in [5.74, 6) is -2.25. The first-order chi connectivity index (χ1) is 5.16. The molecular formula is C6H5NO4. The highest BCUT2D eigenvalue weighted by Gasteiger charge is 2.33. The summed E-state index contributed by atoms with van der Waals surface area (Å²) in [7, 11) is 0. The molecular weight excluding hydrogens is 150 g/mol. The number of hydrogen-bond donors (Lipinski definition) is 0. The molecule has 0 bridgehead atoms. The third kappa shape index (κ3) is 1.17. The number of hydrogen-bond acceptors (Lipinski definition) is 4. The van der Waals surface area contributed by atoms with Crippen molar-refractivity contribution in [1.29, 1.82) is 0 Å². The number of rotatable bonds is 1. The molecule has 0 aliphatic carbocycles. The van der Waals surface area contributed by atoms with E-state index in [4.69, 9.17) is 0 Å². The normalized spacial score (nSPS) is 17.3. The molecule has 0 spiro atoms. The zero-order valence-electron chi connectivity index (χ0n) is 5.57. The Labute approximate surface area is 62.0 Å². The van der Waals surface area contributed by atoms with Crippen LogP contribution < -0.4 is 0 Å². The molecule has 0 unspecified atom stereocenters. The molecule has 0 aromatic rings. The van der Waals surface area contributed by atoms with Crippen LogP contribution in [0.5, 0.6) is 0 Å². The first kappa shape index (κ1) is 7.59. The Morgan fingerprint density at radius 1 is 1.27 bits per heavy atom. The average molecular weight is 155 g/mol. The van der Waals surface area contributed by atoms with Crippen LogP contribution in [0, 0.1) is 0 Å². The molecule has 5 heteroatoms. The van der Waals surface area contributed by atoms with Gasteiger partial charge in [-0.1, -0.05) is 0 Å². The maximum atomic E-state index is 10.7. The lowest BCUT2D eigenvalue weighted by Gasteiger charge is -2.05. The first-order valence-corrected chi connectivity index (χ1v) is 3.01. The van der Waals surface area contributed by atoms with Crippen molar-refractivity contribution in [3.8, 4) is 0 Å². The summed E-state index contributed by atoms with van der Waals surface area (Å²) >= 11 is 0. The fourth-order valence-corrected chi connectivity index (χ4v) is 0.875. The summed E-state index contributed by atoms with van der Waals surface area (Å²) < 4.78 is 0. The number of likely N-dealkylation sites (tertiary alicyclic amines) is 1. The van der Waals surface area contributed by atoms with Crippen LogP contribution in [-0.2, 0) is 19.2 Å². The van der Waals surface area contributed by atoms with Crippen molar-refractivity contribution in [2.45, 2.75) is 12.8 Å². The lowest BCUT2D eigenvalue weighted by molar-refractivity contribution is -0.151. The van der Waals surface area contributed by atoms with Crippen molar-refractivity contribution in [3.05, 3.63) is 0 Å². The van der Waals surface area contributed by atoms with E-state index in [1.165, 1.54) is 0 Å². The van der Waals surface area contributed by atoms with Gasteiger partial charge in [0.1, 0.15) is 0 Å². The van der Waals surface area contributed by atoms with Gasteiger partial charge in [0.2, 0.25) is 18.1 Å². The summed E-state index contributed by atoms with van der Waals surface area (Å²) in [6.45, 7) is 0. The molecule has 0 aromatic heterocycles. The van der Waals surface area contributed by atoms with Gasteiger partial charge in [0.15, 0.2) is 0 Å². The molecule has 1 heterocycles. The molecule has 0 atom stereocenters. The summed E-state index contributed by atoms with van der Waals surface area (Å²) in [5.41, 5.74) is 0. The Morgan fingerprint density at radius 3 is 2.09 bits per heavy atom. The van der Waals surface area contributed by atoms with E-state index in [1.54, 1.807) is 0 Å². The van der Waals surface area contributed by atoms with E-state index in [1.807, 2.05) is 0 Å². The Morgan fingerprint density at radius 2 is 1.73 bits per heavy atom. The van der Waals surface area contributed by atoms with Crippen LogP contribution in [0.2, 0.25) is 0 Å². The predicted octanol–water partition coefficient (Wildman–Crippen LogP) is -1.14. The SMILES string of the molecule is O=CC(=O)N1C(=O)CCC1=O. The van der Waals surface area contributed by atoms with Crippen molar-refractivity contribution in [2.24, 2.45) is 0 Å². The van der Waals surface area contributed by atoms with Gasteiger partial charge in [-0.05, 0) is 0 Å². The number of aldehydes is 1. The van der Waals surface area contributed by atoms with E-state index < -0.39 is 17.7 Å². The zero-order valence-corrected chi connectivity index (χ0v) is 5.57. The lowest BCUT2D eigenvalue weighted by atomic mass is 10.4. The second-order valence-corrected chi connectivity index (χ2v) is 2.08. The van der Waals surface area contributed by atoms with Gasteiger partial charge in [-0.15, -0.1) is 0 Å². The molecule has 1 aliphatic heterocycles. The fourth-order valence-electron chi connectivity index (χ4n) is 0.875. The van der Waals surface area contributed by atoms with Crippen LogP contribution >= 0.6 is 0 Å². The highest BCUT2D eigenvalue weighted by atomic mass is 16.2. The van der Waals surface area contributed by atoms with Gasteiger partial charge in [0, 0.05) is 12.8 Å². The second-order valence-electron chi connectivity index (χ2n) is 2.08. The molecule has 5 nitrogen and oxygen atoms in total. The third-order valence-corrected chi connectivity index (χ3v) is 1.37. The molecule has 1 rings (SSSR count). The van der Waals surface area contributed by atoms with Crippen molar-refractivity contribution in [2.75, 3.05) is 0 Å². The van der Waals surface area contributed by atoms with Gasteiger partial charge in [-0.3, -0.25) is 19.2 Å². The van der Waals surface area contributed by atoms with Crippen LogP contribution in [0.15, 0.2) is 0 Å². The Hall–Kier alpha value is -1.52. The number of nitrogens with zero attached hydrogens (tertiary/aromatic N) is 1. The maximum Gasteiger partial charge on any atom is 0.300 e. The number of carbonyl (C=O) groups excluding carboxylic acids is 4. The highest BCUT2D eigenvalue weighted by molar-refractivity contribution is 6.34. The van der Waals surface area contributed by atoms with Crippen LogP contribution in [0.25, 0.3) is 0 Å². The summed E-state index contributed by atoms with van der Waals surface area (Å²) in [5, 5.41) is 0. The maximum absolute atomic E-state index is 10.7. The van der Waals surface area contributed by atoms with Crippen LogP contribution in [0.4, 0.5) is 0 Å². The fraction of sp³-hybridized carbons (Fsp3) is 0.333. The number of imide groups is 3. The quantitative estimate of drug-likeness (QED) is 0.272. The molecule has 11 heavy (non-hydrogen) atoms. The number of amides is 3. The van der Waals surface area contributed by atoms with Crippen molar-refractivity contribution in [3.63, 3.8) is 0 Å². The minimum atomic E-state index is -1.07. The lowest BCUT2D eigenvalue weighted by Crippen LogP contribution is -2.36. The smallest absolute Gasteiger partial charge is 0.292 e. The van der Waals surface area contributed by atoms with Gasteiger partial charge in [-0.2, -0.15) is 0 Å². The Bertz CT molecular complexity index is 229. The molecule has 1 aliphatic rings. The summed E-state index contributed by atoms with van der Waals surface area (Å²) in [6.07, 6.45) is 0.0119. The van der Waals surface area contributed by atoms with Crippen molar-refractivity contribution >= 4 is 24.0 Å². The van der Waals surface area contributed by atoms with E-state index in [-0.39, 0.29) is 19.1 Å². The minimum absolute atomic E-state index is 0.0262. The predicted molar refractivity (Wildman–Crippen MR) is 32.2 cm³/mol. The van der Waals surface area contributed by atoms with E-state index in [0.717, 1.165) is 0 Å². The first-order valence-electron chi connectivity index (χ1n) is 3.01. The van der Waals surface area contributed by atoms with E-state index in [9.17, 15) is 19.2 Å². The highest BCUT2D eigenvalue weighted by Crippen LogP contribution is 2.10. The molecule has 58 valence electrons. The van der Waals surface area contributed by atoms with Crippen LogP contribution in [0.1, 0.15) is 12.8 Å². The molecule has 0 aromatic carbocycles. The molecule has 3 amide bonds. The van der Waals surface area contributed by atoms with Crippen LogP contribution in [0.3, 0.4) is 0 Å². The zero-order chi connectivity index (χ0) is 8.43. The Kier molecular flexibility index (Phi) is 1.80. The van der Waals surface area contributed by atoms with Gasteiger partial charge in [-0.25, -0.2) is 4.90 Å². The summed E-state index contributed by atoms with van der Waals surface area (Å²) in [6, 6.07) is 0.